The van der Waals surface area contributed by atoms with E-state index in [2.05, 4.69) is 15.9 Å². The van der Waals surface area contributed by atoms with E-state index in [4.69, 9.17) is 32.7 Å². The van der Waals surface area contributed by atoms with Gasteiger partial charge in [0, 0.05) is 5.02 Å². The number of nitrogens with zero attached hydrogens (tertiary/aromatic N) is 1. The lowest BCUT2D eigenvalue weighted by molar-refractivity contribution is 0.173. The average Bonchev–Trinajstić information content (AvgIpc) is 3.03. The highest BCUT2D eigenvalue weighted by molar-refractivity contribution is 9.10. The van der Waals surface area contributed by atoms with Gasteiger partial charge in [0.05, 0.1) is 14.4 Å². The summed E-state index contributed by atoms with van der Waals surface area (Å²) in [6, 6.07) is 8.95. The Hall–Kier alpha value is -1.72. The molecule has 1 aliphatic heterocycles. The fourth-order valence-electron chi connectivity index (χ4n) is 2.19. The summed E-state index contributed by atoms with van der Waals surface area (Å²) in [7, 11) is -4.13. The minimum Gasteiger partial charge on any atom is -0.454 e. The van der Waals surface area contributed by atoms with Crippen molar-refractivity contribution in [2.45, 2.75) is 4.90 Å². The summed E-state index contributed by atoms with van der Waals surface area (Å²) in [4.78, 5) is -0.697. The van der Waals surface area contributed by atoms with Crippen LogP contribution >= 0.6 is 39.1 Å². The number of hydrogen-bond acceptors (Lipinski definition) is 5. The van der Waals surface area contributed by atoms with Crippen molar-refractivity contribution in [2.24, 2.45) is 0 Å². The van der Waals surface area contributed by atoms with E-state index in [1.165, 1.54) is 24.3 Å². The van der Waals surface area contributed by atoms with Crippen LogP contribution < -0.4 is 9.47 Å². The summed E-state index contributed by atoms with van der Waals surface area (Å²) < 4.78 is 36.7. The summed E-state index contributed by atoms with van der Waals surface area (Å²) >= 11 is 15.1. The first-order valence-electron chi connectivity index (χ1n) is 6.74. The number of fused-ring (bicyclic) bond motifs is 1. The van der Waals surface area contributed by atoms with Gasteiger partial charge in [-0.2, -0.15) is 5.26 Å². The monoisotopic (exact) mass is 459 g/mol. The molecule has 0 N–H and O–H groups in total. The third-order valence-corrected chi connectivity index (χ3v) is 6.30. The molecule has 0 spiro atoms. The molecule has 1 aliphatic rings. The highest BCUT2D eigenvalue weighted by Gasteiger charge is 2.25. The first-order chi connectivity index (χ1) is 11.8. The van der Waals surface area contributed by atoms with Crippen molar-refractivity contribution in [3.63, 3.8) is 0 Å². The second-order valence-electron chi connectivity index (χ2n) is 4.94. The van der Waals surface area contributed by atoms with Crippen molar-refractivity contribution in [3.05, 3.63) is 55.3 Å². The van der Waals surface area contributed by atoms with Crippen LogP contribution in [0.1, 0.15) is 5.56 Å². The van der Waals surface area contributed by atoms with E-state index in [9.17, 15) is 13.7 Å². The topological polar surface area (TPSA) is 76.4 Å². The average molecular weight is 461 g/mol. The molecular weight excluding hydrogens is 453 g/mol. The first-order valence-corrected chi connectivity index (χ1v) is 9.77. The van der Waals surface area contributed by atoms with Gasteiger partial charge in [0.1, 0.15) is 11.0 Å². The molecule has 0 atom stereocenters. The zero-order valence-corrected chi connectivity index (χ0v) is 16.2. The van der Waals surface area contributed by atoms with Gasteiger partial charge in [-0.05, 0) is 57.9 Å². The van der Waals surface area contributed by atoms with Gasteiger partial charge in [-0.15, -0.1) is 0 Å². The lowest BCUT2D eigenvalue weighted by Crippen LogP contribution is -2.04. The fourth-order valence-corrected chi connectivity index (χ4v) is 4.68. The maximum atomic E-state index is 12.8. The van der Waals surface area contributed by atoms with Gasteiger partial charge in [0.2, 0.25) is 16.6 Å². The van der Waals surface area contributed by atoms with Gasteiger partial charge in [0.15, 0.2) is 11.5 Å². The van der Waals surface area contributed by atoms with E-state index in [-0.39, 0.29) is 21.7 Å². The molecule has 0 fully saturated rings. The largest absolute Gasteiger partial charge is 0.454 e. The van der Waals surface area contributed by atoms with E-state index in [0.29, 0.717) is 21.5 Å². The van der Waals surface area contributed by atoms with Crippen LogP contribution in [0.2, 0.25) is 10.0 Å². The van der Waals surface area contributed by atoms with Gasteiger partial charge < -0.3 is 9.47 Å². The summed E-state index contributed by atoms with van der Waals surface area (Å²) in [6.07, 6.45) is 1.24. The number of hydrogen-bond donors (Lipinski definition) is 0. The molecular formula is C16H8BrCl2NO4S. The predicted molar refractivity (Wildman–Crippen MR) is 97.5 cm³/mol. The lowest BCUT2D eigenvalue weighted by atomic mass is 10.2. The molecule has 0 radical (unpaired) electrons. The Balaban J connectivity index is 2.11. The van der Waals surface area contributed by atoms with Crippen molar-refractivity contribution in [3.8, 4) is 17.6 Å². The van der Waals surface area contributed by atoms with E-state index >= 15 is 0 Å². The molecule has 1 heterocycles. The Morgan fingerprint density at radius 3 is 2.72 bits per heavy atom. The van der Waals surface area contributed by atoms with E-state index in [1.54, 1.807) is 18.2 Å². The van der Waals surface area contributed by atoms with Gasteiger partial charge >= 0.3 is 0 Å². The van der Waals surface area contributed by atoms with Crippen LogP contribution in [0.3, 0.4) is 0 Å². The Morgan fingerprint density at radius 1 is 1.24 bits per heavy atom. The van der Waals surface area contributed by atoms with E-state index in [0.717, 1.165) is 0 Å². The number of rotatable bonds is 3. The number of halogens is 3. The quantitative estimate of drug-likeness (QED) is 0.613. The maximum Gasteiger partial charge on any atom is 0.231 e. The molecule has 2 aromatic carbocycles. The highest BCUT2D eigenvalue weighted by atomic mass is 79.9. The van der Waals surface area contributed by atoms with Crippen molar-refractivity contribution < 1.29 is 17.9 Å². The lowest BCUT2D eigenvalue weighted by Gasteiger charge is -2.07. The van der Waals surface area contributed by atoms with E-state index < -0.39 is 14.7 Å². The molecule has 0 unspecified atom stereocenters. The highest BCUT2D eigenvalue weighted by Crippen LogP contribution is 2.40. The van der Waals surface area contributed by atoms with Crippen LogP contribution in [0.5, 0.6) is 11.5 Å². The van der Waals surface area contributed by atoms with Crippen LogP contribution in [0.15, 0.2) is 44.6 Å². The van der Waals surface area contributed by atoms with Crippen molar-refractivity contribution in [2.75, 3.05) is 6.79 Å². The molecule has 25 heavy (non-hydrogen) atoms. The standard InChI is InChI=1S/C16H8BrCl2NO4S/c17-12-4-9(5-14-16(12)24-8-23-14)3-11(7-20)25(21,22)15-6-10(18)1-2-13(15)19/h1-6H,8H2/b11-3+. The third-order valence-electron chi connectivity index (χ3n) is 3.33. The number of benzene rings is 2. The number of nitriles is 1. The van der Waals surface area contributed by atoms with E-state index in [1.807, 2.05) is 0 Å². The molecule has 0 amide bonds. The van der Waals surface area contributed by atoms with Gasteiger partial charge in [0.25, 0.3) is 0 Å². The molecule has 2 aromatic rings. The number of sulfone groups is 1. The van der Waals surface area contributed by atoms with Crippen molar-refractivity contribution in [1.82, 2.24) is 0 Å². The smallest absolute Gasteiger partial charge is 0.231 e. The molecule has 0 bridgehead atoms. The normalized spacial score (nSPS) is 13.6. The van der Waals surface area contributed by atoms with Gasteiger partial charge in [-0.1, -0.05) is 23.2 Å². The molecule has 0 aliphatic carbocycles. The summed E-state index contributed by atoms with van der Waals surface area (Å²) in [5.41, 5.74) is 0.453. The molecule has 3 rings (SSSR count). The number of allylic oxidation sites excluding steroid dienone is 1. The Kier molecular flexibility index (Phi) is 4.98. The molecule has 0 saturated carbocycles. The fraction of sp³-hybridized carbons (Fsp3) is 0.0625. The second-order valence-corrected chi connectivity index (χ2v) is 8.52. The van der Waals surface area contributed by atoms with Gasteiger partial charge in [-0.25, -0.2) is 8.42 Å². The Bertz CT molecular complexity index is 1040. The Labute approximate surface area is 162 Å². The van der Waals surface area contributed by atoms with Crippen LogP contribution in [-0.4, -0.2) is 15.2 Å². The molecule has 9 heteroatoms. The maximum absolute atomic E-state index is 12.8. The SMILES string of the molecule is N#C/C(=C\c1cc(Br)c2c(c1)OCO2)S(=O)(=O)c1cc(Cl)ccc1Cl. The molecule has 128 valence electrons. The van der Waals surface area contributed by atoms with Gasteiger partial charge in [-0.3, -0.25) is 0 Å². The molecule has 0 saturated heterocycles. The zero-order chi connectivity index (χ0) is 18.2. The van der Waals surface area contributed by atoms with Crippen molar-refractivity contribution in [1.29, 1.82) is 5.26 Å². The van der Waals surface area contributed by atoms with Crippen LogP contribution in [-0.2, 0) is 9.84 Å². The first kappa shape index (κ1) is 18.1. The zero-order valence-electron chi connectivity index (χ0n) is 12.3. The molecule has 0 aromatic heterocycles. The van der Waals surface area contributed by atoms with Crippen LogP contribution in [0.25, 0.3) is 6.08 Å². The Morgan fingerprint density at radius 2 is 2.00 bits per heavy atom. The molecule has 5 nitrogen and oxygen atoms in total. The second kappa shape index (κ2) is 6.89. The third kappa shape index (κ3) is 3.48. The minimum absolute atomic E-state index is 0.0163. The summed E-state index contributed by atoms with van der Waals surface area (Å²) in [6.45, 7) is 0.0721. The summed E-state index contributed by atoms with van der Waals surface area (Å²) in [5.74, 6) is 0.979. The predicted octanol–water partition coefficient (Wildman–Crippen LogP) is 4.82. The van der Waals surface area contributed by atoms with Crippen LogP contribution in [0, 0.1) is 11.3 Å². The van der Waals surface area contributed by atoms with Crippen molar-refractivity contribution >= 4 is 55.0 Å². The summed E-state index contributed by atoms with van der Waals surface area (Å²) in [5, 5.41) is 9.55. The van der Waals surface area contributed by atoms with Crippen LogP contribution in [0.4, 0.5) is 0 Å². The number of ether oxygens (including phenoxy) is 2. The minimum atomic E-state index is -4.13.